The molecule has 0 amide bonds. The lowest BCUT2D eigenvalue weighted by molar-refractivity contribution is 0.0342. The fourth-order valence-corrected chi connectivity index (χ4v) is 4.43. The molecule has 0 aliphatic carbocycles. The Bertz CT molecular complexity index is 806. The Morgan fingerprint density at radius 2 is 1.68 bits per heavy atom. The van der Waals surface area contributed by atoms with Gasteiger partial charge >= 0.3 is 0 Å². The molecule has 168 valence electrons. The second-order valence-electron chi connectivity index (χ2n) is 8.40. The maximum atomic E-state index is 5.43. The number of ether oxygens (including phenoxy) is 1. The van der Waals surface area contributed by atoms with Crippen molar-refractivity contribution in [3.63, 3.8) is 0 Å². The summed E-state index contributed by atoms with van der Waals surface area (Å²) in [7, 11) is 1.89. The molecule has 2 heterocycles. The molecule has 1 unspecified atom stereocenters. The third-order valence-corrected chi connectivity index (χ3v) is 6.15. The first-order valence-corrected chi connectivity index (χ1v) is 11.2. The van der Waals surface area contributed by atoms with Crippen LogP contribution in [0.15, 0.2) is 59.6 Å². The SMILES string of the molecule is CN=C(NCc1ccc(CN2CCOCC2)cc1)N1CCC(Cc2ccccc2)C1.I. The molecule has 2 aromatic carbocycles. The van der Waals surface area contributed by atoms with Gasteiger partial charge in [0, 0.05) is 46.3 Å². The van der Waals surface area contributed by atoms with Gasteiger partial charge in [-0.15, -0.1) is 24.0 Å². The second kappa shape index (κ2) is 12.4. The molecule has 4 rings (SSSR count). The molecule has 2 aliphatic heterocycles. The molecule has 2 fully saturated rings. The van der Waals surface area contributed by atoms with Gasteiger partial charge in [-0.3, -0.25) is 9.89 Å². The molecule has 1 N–H and O–H groups in total. The number of hydrogen-bond donors (Lipinski definition) is 1. The molecule has 6 heteroatoms. The Hall–Kier alpha value is -1.64. The van der Waals surface area contributed by atoms with E-state index in [9.17, 15) is 0 Å². The van der Waals surface area contributed by atoms with Crippen LogP contribution in [0, 0.1) is 5.92 Å². The molecule has 0 spiro atoms. The zero-order valence-electron chi connectivity index (χ0n) is 18.5. The maximum Gasteiger partial charge on any atom is 0.193 e. The predicted molar refractivity (Wildman–Crippen MR) is 138 cm³/mol. The number of benzene rings is 2. The van der Waals surface area contributed by atoms with Gasteiger partial charge in [-0.2, -0.15) is 0 Å². The average Bonchev–Trinajstić information content (AvgIpc) is 3.25. The molecule has 1 atom stereocenters. The highest BCUT2D eigenvalue weighted by molar-refractivity contribution is 14.0. The summed E-state index contributed by atoms with van der Waals surface area (Å²) in [6.07, 6.45) is 2.38. The van der Waals surface area contributed by atoms with E-state index in [2.05, 4.69) is 74.7 Å². The lowest BCUT2D eigenvalue weighted by Gasteiger charge is -2.26. The fourth-order valence-electron chi connectivity index (χ4n) is 4.43. The molecular weight excluding hydrogens is 499 g/mol. The van der Waals surface area contributed by atoms with E-state index in [0.29, 0.717) is 5.92 Å². The summed E-state index contributed by atoms with van der Waals surface area (Å²) in [6, 6.07) is 19.8. The van der Waals surface area contributed by atoms with Crippen LogP contribution in [0.25, 0.3) is 0 Å². The van der Waals surface area contributed by atoms with Crippen molar-refractivity contribution in [2.75, 3.05) is 46.4 Å². The highest BCUT2D eigenvalue weighted by atomic mass is 127. The van der Waals surface area contributed by atoms with Crippen LogP contribution < -0.4 is 5.32 Å². The zero-order chi connectivity index (χ0) is 20.6. The molecule has 0 bridgehead atoms. The predicted octanol–water partition coefficient (Wildman–Crippen LogP) is 3.78. The van der Waals surface area contributed by atoms with Crippen molar-refractivity contribution in [3.05, 3.63) is 71.3 Å². The first-order chi connectivity index (χ1) is 14.8. The van der Waals surface area contributed by atoms with Gasteiger partial charge in [0.25, 0.3) is 0 Å². The van der Waals surface area contributed by atoms with Crippen molar-refractivity contribution in [3.8, 4) is 0 Å². The van der Waals surface area contributed by atoms with E-state index in [0.717, 1.165) is 64.9 Å². The van der Waals surface area contributed by atoms with Crippen LogP contribution >= 0.6 is 24.0 Å². The first-order valence-electron chi connectivity index (χ1n) is 11.2. The summed E-state index contributed by atoms with van der Waals surface area (Å²) in [5.74, 6) is 1.72. The van der Waals surface area contributed by atoms with Crippen molar-refractivity contribution in [1.29, 1.82) is 0 Å². The summed E-state index contributed by atoms with van der Waals surface area (Å²) in [6.45, 7) is 7.73. The van der Waals surface area contributed by atoms with E-state index in [-0.39, 0.29) is 24.0 Å². The van der Waals surface area contributed by atoms with Crippen molar-refractivity contribution < 1.29 is 4.74 Å². The van der Waals surface area contributed by atoms with Crippen LogP contribution in [0.1, 0.15) is 23.1 Å². The van der Waals surface area contributed by atoms with Crippen molar-refractivity contribution >= 4 is 29.9 Å². The third kappa shape index (κ3) is 7.19. The van der Waals surface area contributed by atoms with Crippen LogP contribution in [0.4, 0.5) is 0 Å². The van der Waals surface area contributed by atoms with E-state index < -0.39 is 0 Å². The smallest absolute Gasteiger partial charge is 0.193 e. The Kier molecular flexibility index (Phi) is 9.61. The monoisotopic (exact) mass is 534 g/mol. The van der Waals surface area contributed by atoms with Crippen molar-refractivity contribution in [2.24, 2.45) is 10.9 Å². The minimum Gasteiger partial charge on any atom is -0.379 e. The minimum atomic E-state index is 0. The van der Waals surface area contributed by atoms with Gasteiger partial charge in [0.15, 0.2) is 5.96 Å². The van der Waals surface area contributed by atoms with Gasteiger partial charge in [-0.25, -0.2) is 0 Å². The molecule has 2 aromatic rings. The van der Waals surface area contributed by atoms with Crippen LogP contribution in [0.5, 0.6) is 0 Å². The van der Waals surface area contributed by atoms with Crippen molar-refractivity contribution in [1.82, 2.24) is 15.1 Å². The number of hydrogen-bond acceptors (Lipinski definition) is 3. The quantitative estimate of drug-likeness (QED) is 0.348. The lowest BCUT2D eigenvalue weighted by atomic mass is 9.99. The van der Waals surface area contributed by atoms with Crippen LogP contribution in [-0.4, -0.2) is 62.2 Å². The van der Waals surface area contributed by atoms with Gasteiger partial charge in [0.2, 0.25) is 0 Å². The zero-order valence-corrected chi connectivity index (χ0v) is 20.8. The summed E-state index contributed by atoms with van der Waals surface area (Å²) < 4.78 is 5.43. The standard InChI is InChI=1S/C25H34N4O.HI/c1-26-25(29-12-11-24(20-29)17-21-5-3-2-4-6-21)27-18-22-7-9-23(10-8-22)19-28-13-15-30-16-14-28;/h2-10,24H,11-20H2,1H3,(H,26,27);1H. The fraction of sp³-hybridized carbons (Fsp3) is 0.480. The number of nitrogens with one attached hydrogen (secondary N) is 1. The van der Waals surface area contributed by atoms with Crippen LogP contribution in [0.3, 0.4) is 0 Å². The first kappa shape index (κ1) is 24.0. The largest absolute Gasteiger partial charge is 0.379 e. The van der Waals surface area contributed by atoms with E-state index >= 15 is 0 Å². The number of aliphatic imine (C=N–C) groups is 1. The number of halogens is 1. The highest BCUT2D eigenvalue weighted by Crippen LogP contribution is 2.21. The summed E-state index contributed by atoms with van der Waals surface area (Å²) in [4.78, 5) is 9.39. The molecule has 2 saturated heterocycles. The number of likely N-dealkylation sites (tertiary alicyclic amines) is 1. The minimum absolute atomic E-state index is 0. The molecular formula is C25H35IN4O. The molecule has 2 aliphatic rings. The number of rotatable bonds is 6. The van der Waals surface area contributed by atoms with Gasteiger partial charge in [0.1, 0.15) is 0 Å². The third-order valence-electron chi connectivity index (χ3n) is 6.15. The summed E-state index contributed by atoms with van der Waals surface area (Å²) >= 11 is 0. The van der Waals surface area contributed by atoms with E-state index in [1.165, 1.54) is 23.1 Å². The van der Waals surface area contributed by atoms with Gasteiger partial charge in [-0.1, -0.05) is 54.6 Å². The molecule has 5 nitrogen and oxygen atoms in total. The molecule has 0 saturated carbocycles. The molecule has 0 radical (unpaired) electrons. The van der Waals surface area contributed by atoms with Gasteiger partial charge in [0.05, 0.1) is 13.2 Å². The van der Waals surface area contributed by atoms with E-state index in [4.69, 9.17) is 4.74 Å². The maximum absolute atomic E-state index is 5.43. The number of morpholine rings is 1. The Labute approximate surface area is 203 Å². The summed E-state index contributed by atoms with van der Waals surface area (Å²) in [5, 5.41) is 3.56. The summed E-state index contributed by atoms with van der Waals surface area (Å²) in [5.41, 5.74) is 4.10. The highest BCUT2D eigenvalue weighted by Gasteiger charge is 2.24. The normalized spacial score (nSPS) is 19.8. The van der Waals surface area contributed by atoms with Crippen LogP contribution in [0.2, 0.25) is 0 Å². The van der Waals surface area contributed by atoms with E-state index in [1.54, 1.807) is 0 Å². The van der Waals surface area contributed by atoms with Crippen LogP contribution in [-0.2, 0) is 24.2 Å². The Morgan fingerprint density at radius 1 is 0.968 bits per heavy atom. The lowest BCUT2D eigenvalue weighted by Crippen LogP contribution is -2.39. The number of nitrogens with zero attached hydrogens (tertiary/aromatic N) is 3. The molecule has 0 aromatic heterocycles. The average molecular weight is 534 g/mol. The molecule has 31 heavy (non-hydrogen) atoms. The number of guanidine groups is 1. The van der Waals surface area contributed by atoms with E-state index in [1.807, 2.05) is 7.05 Å². The Morgan fingerprint density at radius 3 is 2.39 bits per heavy atom. The van der Waals surface area contributed by atoms with Gasteiger partial charge in [-0.05, 0) is 35.4 Å². The Balaban J connectivity index is 0.00000272. The second-order valence-corrected chi connectivity index (χ2v) is 8.40. The van der Waals surface area contributed by atoms with Crippen molar-refractivity contribution in [2.45, 2.75) is 25.9 Å². The van der Waals surface area contributed by atoms with Gasteiger partial charge < -0.3 is 15.0 Å². The topological polar surface area (TPSA) is 40.1 Å².